The Kier molecular flexibility index (Phi) is 3.66. The maximum atomic E-state index is 12.2. The van der Waals surface area contributed by atoms with Gasteiger partial charge in [0.15, 0.2) is 0 Å². The van der Waals surface area contributed by atoms with Crippen molar-refractivity contribution in [1.29, 1.82) is 0 Å². The zero-order valence-electron chi connectivity index (χ0n) is 10.1. The molecule has 0 aromatic carbocycles. The molecule has 0 aliphatic carbocycles. The van der Waals surface area contributed by atoms with Crippen molar-refractivity contribution in [3.8, 4) is 0 Å². The SMILES string of the molecule is CC1CCN(C(=O)[C@H]2CCCO2)C(C(=O)O)C1. The highest BCUT2D eigenvalue weighted by atomic mass is 16.5. The quantitative estimate of drug-likeness (QED) is 0.779. The fraction of sp³-hybridized carbons (Fsp3) is 0.833. The average Bonchev–Trinajstić information content (AvgIpc) is 2.81. The summed E-state index contributed by atoms with van der Waals surface area (Å²) in [4.78, 5) is 24.9. The van der Waals surface area contributed by atoms with Crippen LogP contribution >= 0.6 is 0 Å². The van der Waals surface area contributed by atoms with Crippen molar-refractivity contribution in [1.82, 2.24) is 4.90 Å². The first-order valence-corrected chi connectivity index (χ1v) is 6.24. The molecule has 2 fully saturated rings. The highest BCUT2D eigenvalue weighted by Gasteiger charge is 2.38. The molecule has 2 heterocycles. The van der Waals surface area contributed by atoms with Crippen molar-refractivity contribution in [3.05, 3.63) is 0 Å². The van der Waals surface area contributed by atoms with E-state index in [-0.39, 0.29) is 5.91 Å². The molecule has 0 aromatic heterocycles. The fourth-order valence-electron chi connectivity index (χ4n) is 2.60. The van der Waals surface area contributed by atoms with Crippen molar-refractivity contribution >= 4 is 11.9 Å². The lowest BCUT2D eigenvalue weighted by Crippen LogP contribution is -2.52. The lowest BCUT2D eigenvalue weighted by Gasteiger charge is -2.37. The maximum Gasteiger partial charge on any atom is 0.326 e. The van der Waals surface area contributed by atoms with Crippen LogP contribution in [0.2, 0.25) is 0 Å². The number of amides is 1. The summed E-state index contributed by atoms with van der Waals surface area (Å²) in [5.41, 5.74) is 0. The summed E-state index contributed by atoms with van der Waals surface area (Å²) in [7, 11) is 0. The highest BCUT2D eigenvalue weighted by Crippen LogP contribution is 2.25. The third-order valence-corrected chi connectivity index (χ3v) is 3.64. The number of nitrogens with zero attached hydrogens (tertiary/aromatic N) is 1. The van der Waals surface area contributed by atoms with Crippen LogP contribution in [-0.2, 0) is 14.3 Å². The number of hydrogen-bond acceptors (Lipinski definition) is 3. The van der Waals surface area contributed by atoms with Gasteiger partial charge in [-0.05, 0) is 31.6 Å². The Morgan fingerprint density at radius 3 is 2.71 bits per heavy atom. The van der Waals surface area contributed by atoms with E-state index in [0.717, 1.165) is 19.3 Å². The van der Waals surface area contributed by atoms with E-state index in [0.29, 0.717) is 25.5 Å². The lowest BCUT2D eigenvalue weighted by atomic mass is 9.92. The van der Waals surface area contributed by atoms with Crippen LogP contribution in [0.5, 0.6) is 0 Å². The van der Waals surface area contributed by atoms with Crippen molar-refractivity contribution < 1.29 is 19.4 Å². The van der Waals surface area contributed by atoms with Crippen LogP contribution in [0, 0.1) is 5.92 Å². The second kappa shape index (κ2) is 5.04. The van der Waals surface area contributed by atoms with Gasteiger partial charge in [-0.1, -0.05) is 6.92 Å². The molecule has 0 saturated carbocycles. The normalized spacial score (nSPS) is 33.7. The molecule has 2 unspecified atom stereocenters. The molecule has 5 nitrogen and oxygen atoms in total. The van der Waals surface area contributed by atoms with Crippen LogP contribution in [0.3, 0.4) is 0 Å². The number of likely N-dealkylation sites (tertiary alicyclic amines) is 1. The second-order valence-electron chi connectivity index (χ2n) is 5.02. The van der Waals surface area contributed by atoms with Gasteiger partial charge in [-0.25, -0.2) is 4.79 Å². The summed E-state index contributed by atoms with van der Waals surface area (Å²) in [6, 6.07) is -0.671. The molecule has 96 valence electrons. The average molecular weight is 241 g/mol. The Morgan fingerprint density at radius 2 is 2.12 bits per heavy atom. The molecule has 2 aliphatic heterocycles. The third kappa shape index (κ3) is 2.60. The molecule has 0 spiro atoms. The molecule has 0 aromatic rings. The molecule has 0 radical (unpaired) electrons. The summed E-state index contributed by atoms with van der Waals surface area (Å²) >= 11 is 0. The van der Waals surface area contributed by atoms with Crippen LogP contribution in [0.25, 0.3) is 0 Å². The minimum atomic E-state index is -0.900. The Bertz CT molecular complexity index is 312. The van der Waals surface area contributed by atoms with Crippen LogP contribution in [0.1, 0.15) is 32.6 Å². The first kappa shape index (κ1) is 12.4. The van der Waals surface area contributed by atoms with E-state index in [9.17, 15) is 14.7 Å². The number of carboxylic acid groups (broad SMARTS) is 1. The predicted molar refractivity (Wildman–Crippen MR) is 60.5 cm³/mol. The first-order valence-electron chi connectivity index (χ1n) is 6.24. The van der Waals surface area contributed by atoms with Crippen molar-refractivity contribution in [2.75, 3.05) is 13.2 Å². The molecular weight excluding hydrogens is 222 g/mol. The van der Waals surface area contributed by atoms with E-state index in [4.69, 9.17) is 4.74 Å². The van der Waals surface area contributed by atoms with Crippen LogP contribution in [0.4, 0.5) is 0 Å². The fourth-order valence-corrected chi connectivity index (χ4v) is 2.60. The standard InChI is InChI=1S/C12H19NO4/c1-8-4-5-13(9(7-8)12(15)16)11(14)10-3-2-6-17-10/h8-10H,2-7H2,1H3,(H,15,16)/t8?,9?,10-/m1/s1. The van der Waals surface area contributed by atoms with Gasteiger partial charge in [-0.2, -0.15) is 0 Å². The van der Waals surface area contributed by atoms with Crippen molar-refractivity contribution in [3.63, 3.8) is 0 Å². The van der Waals surface area contributed by atoms with E-state index in [2.05, 4.69) is 0 Å². The van der Waals surface area contributed by atoms with E-state index >= 15 is 0 Å². The number of aliphatic carboxylic acids is 1. The molecule has 5 heteroatoms. The number of hydrogen-bond donors (Lipinski definition) is 1. The summed E-state index contributed by atoms with van der Waals surface area (Å²) in [5, 5.41) is 9.18. The van der Waals surface area contributed by atoms with Gasteiger partial charge in [-0.3, -0.25) is 4.79 Å². The van der Waals surface area contributed by atoms with Gasteiger partial charge in [0.05, 0.1) is 0 Å². The lowest BCUT2D eigenvalue weighted by molar-refractivity contribution is -0.157. The minimum absolute atomic E-state index is 0.137. The predicted octanol–water partition coefficient (Wildman–Crippen LogP) is 0.877. The number of rotatable bonds is 2. The van der Waals surface area contributed by atoms with E-state index in [1.165, 1.54) is 4.90 Å². The summed E-state index contributed by atoms with van der Waals surface area (Å²) < 4.78 is 5.34. The largest absolute Gasteiger partial charge is 0.480 e. The van der Waals surface area contributed by atoms with Crippen LogP contribution in [0.15, 0.2) is 0 Å². The number of carbonyl (C=O) groups excluding carboxylic acids is 1. The first-order chi connectivity index (χ1) is 8.09. The molecule has 2 rings (SSSR count). The number of carboxylic acids is 1. The number of ether oxygens (including phenoxy) is 1. The minimum Gasteiger partial charge on any atom is -0.480 e. The monoisotopic (exact) mass is 241 g/mol. The van der Waals surface area contributed by atoms with Gasteiger partial charge in [0.2, 0.25) is 0 Å². The second-order valence-corrected chi connectivity index (χ2v) is 5.02. The molecule has 1 amide bonds. The Balaban J connectivity index is 2.06. The van der Waals surface area contributed by atoms with Gasteiger partial charge >= 0.3 is 5.97 Å². The zero-order valence-corrected chi connectivity index (χ0v) is 10.1. The van der Waals surface area contributed by atoms with Gasteiger partial charge in [-0.15, -0.1) is 0 Å². The molecule has 2 aliphatic rings. The molecular formula is C12H19NO4. The van der Waals surface area contributed by atoms with Gasteiger partial charge in [0, 0.05) is 13.2 Å². The number of carbonyl (C=O) groups is 2. The highest BCUT2D eigenvalue weighted by molar-refractivity contribution is 5.86. The smallest absolute Gasteiger partial charge is 0.326 e. The zero-order chi connectivity index (χ0) is 12.4. The van der Waals surface area contributed by atoms with Gasteiger partial charge < -0.3 is 14.7 Å². The Morgan fingerprint density at radius 1 is 1.35 bits per heavy atom. The molecule has 1 N–H and O–H groups in total. The summed E-state index contributed by atoms with van der Waals surface area (Å²) in [5.74, 6) is -0.672. The van der Waals surface area contributed by atoms with Crippen molar-refractivity contribution in [2.24, 2.45) is 5.92 Å². The van der Waals surface area contributed by atoms with E-state index < -0.39 is 18.1 Å². The summed E-state index contributed by atoms with van der Waals surface area (Å²) in [6.45, 7) is 3.18. The topological polar surface area (TPSA) is 66.8 Å². The number of piperidine rings is 1. The molecule has 0 bridgehead atoms. The molecule has 3 atom stereocenters. The van der Waals surface area contributed by atoms with Crippen LogP contribution in [-0.4, -0.2) is 47.2 Å². The third-order valence-electron chi connectivity index (χ3n) is 3.64. The van der Waals surface area contributed by atoms with Gasteiger partial charge in [0.1, 0.15) is 12.1 Å². The van der Waals surface area contributed by atoms with Crippen LogP contribution < -0.4 is 0 Å². The van der Waals surface area contributed by atoms with Crippen molar-refractivity contribution in [2.45, 2.75) is 44.8 Å². The molecule has 2 saturated heterocycles. The van der Waals surface area contributed by atoms with E-state index in [1.54, 1.807) is 0 Å². The maximum absolute atomic E-state index is 12.2. The van der Waals surface area contributed by atoms with E-state index in [1.807, 2.05) is 6.92 Å². The Labute approximate surface area is 101 Å². The van der Waals surface area contributed by atoms with Gasteiger partial charge in [0.25, 0.3) is 5.91 Å². The Hall–Kier alpha value is -1.10. The summed E-state index contributed by atoms with van der Waals surface area (Å²) in [6.07, 6.45) is 2.62. The molecule has 17 heavy (non-hydrogen) atoms.